The van der Waals surface area contributed by atoms with Crippen molar-refractivity contribution in [1.82, 2.24) is 5.32 Å². The van der Waals surface area contributed by atoms with Gasteiger partial charge in [0.05, 0.1) is 12.7 Å². The largest absolute Gasteiger partial charge is 0.380 e. The molecule has 1 aliphatic rings. The second kappa shape index (κ2) is 5.11. The predicted molar refractivity (Wildman–Crippen MR) is 42.1 cm³/mol. The first-order valence-corrected chi connectivity index (χ1v) is 4.11. The Morgan fingerprint density at radius 2 is 2.55 bits per heavy atom. The fourth-order valence-electron chi connectivity index (χ4n) is 1.17. The molecule has 1 heterocycles. The summed E-state index contributed by atoms with van der Waals surface area (Å²) < 4.78 is 5.19. The molecule has 0 spiro atoms. The minimum atomic E-state index is 0.536. The van der Waals surface area contributed by atoms with Crippen molar-refractivity contribution in [3.8, 4) is 6.07 Å². The van der Waals surface area contributed by atoms with Crippen molar-refractivity contribution in [3.63, 3.8) is 0 Å². The van der Waals surface area contributed by atoms with Crippen molar-refractivity contribution in [2.24, 2.45) is 0 Å². The van der Waals surface area contributed by atoms with Crippen LogP contribution in [0, 0.1) is 11.3 Å². The Morgan fingerprint density at radius 3 is 3.18 bits per heavy atom. The molecule has 1 atom stereocenters. The Hall–Kier alpha value is -0.590. The number of nitrogens with zero attached hydrogens (tertiary/aromatic N) is 1. The molecule has 0 aromatic rings. The van der Waals surface area contributed by atoms with Gasteiger partial charge in [0.15, 0.2) is 0 Å². The molecule has 1 N–H and O–H groups in total. The molecule has 1 fully saturated rings. The monoisotopic (exact) mass is 154 g/mol. The van der Waals surface area contributed by atoms with Crippen LogP contribution in [0.2, 0.25) is 0 Å². The maximum absolute atomic E-state index is 8.26. The van der Waals surface area contributed by atoms with Gasteiger partial charge in [0, 0.05) is 19.1 Å². The van der Waals surface area contributed by atoms with Gasteiger partial charge in [-0.1, -0.05) is 0 Å². The van der Waals surface area contributed by atoms with Crippen LogP contribution in [0.3, 0.4) is 0 Å². The maximum Gasteiger partial charge on any atom is 0.0622 e. The van der Waals surface area contributed by atoms with Crippen LogP contribution < -0.4 is 5.32 Å². The van der Waals surface area contributed by atoms with Crippen LogP contribution in [0.5, 0.6) is 0 Å². The summed E-state index contributed by atoms with van der Waals surface area (Å²) in [7, 11) is 0. The highest BCUT2D eigenvalue weighted by Gasteiger charge is 2.13. The number of ether oxygens (including phenoxy) is 1. The molecule has 0 aromatic carbocycles. The molecular formula is C8H14N2O. The minimum Gasteiger partial charge on any atom is -0.380 e. The van der Waals surface area contributed by atoms with E-state index in [9.17, 15) is 0 Å². The Bertz CT molecular complexity index is 136. The first-order valence-electron chi connectivity index (χ1n) is 4.11. The minimum absolute atomic E-state index is 0.536. The standard InChI is InChI=1S/C8H14N2O/c9-4-1-2-5-10-8-3-6-11-7-8/h8,10H,1-3,5-7H2. The highest BCUT2D eigenvalue weighted by atomic mass is 16.5. The quantitative estimate of drug-likeness (QED) is 0.605. The van der Waals surface area contributed by atoms with Crippen LogP contribution in [-0.2, 0) is 4.74 Å². The van der Waals surface area contributed by atoms with Crippen LogP contribution in [0.4, 0.5) is 0 Å². The number of nitriles is 1. The summed E-state index contributed by atoms with van der Waals surface area (Å²) in [6, 6.07) is 2.66. The third-order valence-electron chi connectivity index (χ3n) is 1.83. The number of rotatable bonds is 4. The first kappa shape index (κ1) is 8.51. The van der Waals surface area contributed by atoms with E-state index in [1.165, 1.54) is 0 Å². The Kier molecular flexibility index (Phi) is 3.95. The smallest absolute Gasteiger partial charge is 0.0622 e. The van der Waals surface area contributed by atoms with Gasteiger partial charge in [0.1, 0.15) is 0 Å². The van der Waals surface area contributed by atoms with E-state index in [2.05, 4.69) is 11.4 Å². The second-order valence-corrected chi connectivity index (χ2v) is 2.78. The lowest BCUT2D eigenvalue weighted by molar-refractivity contribution is 0.190. The molecule has 0 radical (unpaired) electrons. The Morgan fingerprint density at radius 1 is 1.64 bits per heavy atom. The van der Waals surface area contributed by atoms with Gasteiger partial charge in [-0.15, -0.1) is 0 Å². The summed E-state index contributed by atoms with van der Waals surface area (Å²) in [6.07, 6.45) is 2.72. The van der Waals surface area contributed by atoms with Gasteiger partial charge in [-0.3, -0.25) is 0 Å². The fraction of sp³-hybridized carbons (Fsp3) is 0.875. The molecule has 0 aromatic heterocycles. The molecule has 1 aliphatic heterocycles. The van der Waals surface area contributed by atoms with Crippen LogP contribution >= 0.6 is 0 Å². The zero-order valence-electron chi connectivity index (χ0n) is 6.68. The second-order valence-electron chi connectivity index (χ2n) is 2.78. The normalized spacial score (nSPS) is 23.4. The number of hydrogen-bond acceptors (Lipinski definition) is 3. The summed E-state index contributed by atoms with van der Waals surface area (Å²) in [5, 5.41) is 11.6. The summed E-state index contributed by atoms with van der Waals surface area (Å²) in [6.45, 7) is 2.67. The van der Waals surface area contributed by atoms with Crippen molar-refractivity contribution in [3.05, 3.63) is 0 Å². The van der Waals surface area contributed by atoms with Gasteiger partial charge >= 0.3 is 0 Å². The molecule has 0 bridgehead atoms. The van der Waals surface area contributed by atoms with E-state index < -0.39 is 0 Å². The molecule has 62 valence electrons. The molecule has 1 unspecified atom stereocenters. The molecule has 11 heavy (non-hydrogen) atoms. The van der Waals surface area contributed by atoms with Gasteiger partial charge in [-0.2, -0.15) is 5.26 Å². The lowest BCUT2D eigenvalue weighted by Gasteiger charge is -2.08. The van der Waals surface area contributed by atoms with Crippen molar-refractivity contribution in [1.29, 1.82) is 5.26 Å². The molecule has 0 amide bonds. The summed E-state index contributed by atoms with van der Waals surface area (Å²) in [4.78, 5) is 0. The van der Waals surface area contributed by atoms with Crippen molar-refractivity contribution in [2.45, 2.75) is 25.3 Å². The lowest BCUT2D eigenvalue weighted by Crippen LogP contribution is -2.29. The third kappa shape index (κ3) is 3.35. The average Bonchev–Trinajstić information content (AvgIpc) is 2.50. The van der Waals surface area contributed by atoms with Gasteiger partial charge < -0.3 is 10.1 Å². The summed E-state index contributed by atoms with van der Waals surface area (Å²) in [5.41, 5.74) is 0. The molecule has 3 nitrogen and oxygen atoms in total. The molecular weight excluding hydrogens is 140 g/mol. The van der Waals surface area contributed by atoms with E-state index in [1.54, 1.807) is 0 Å². The molecule has 1 saturated heterocycles. The van der Waals surface area contributed by atoms with Crippen LogP contribution in [0.25, 0.3) is 0 Å². The van der Waals surface area contributed by atoms with Gasteiger partial charge in [-0.25, -0.2) is 0 Å². The maximum atomic E-state index is 8.26. The Balaban J connectivity index is 1.90. The van der Waals surface area contributed by atoms with Crippen molar-refractivity contribution < 1.29 is 4.74 Å². The van der Waals surface area contributed by atoms with Crippen LogP contribution in [-0.4, -0.2) is 25.8 Å². The molecule has 1 rings (SSSR count). The number of nitrogens with one attached hydrogen (secondary N) is 1. The van der Waals surface area contributed by atoms with E-state index in [0.29, 0.717) is 12.5 Å². The highest BCUT2D eigenvalue weighted by Crippen LogP contribution is 2.02. The first-order chi connectivity index (χ1) is 5.43. The zero-order valence-corrected chi connectivity index (χ0v) is 6.68. The SMILES string of the molecule is N#CCCCNC1CCOC1. The summed E-state index contributed by atoms with van der Waals surface area (Å²) in [5.74, 6) is 0. The number of unbranched alkanes of at least 4 members (excludes halogenated alkanes) is 1. The van der Waals surface area contributed by atoms with E-state index in [0.717, 1.165) is 32.6 Å². The molecule has 0 saturated carbocycles. The van der Waals surface area contributed by atoms with Gasteiger partial charge in [0.2, 0.25) is 0 Å². The Labute approximate surface area is 67.3 Å². The zero-order chi connectivity index (χ0) is 7.94. The topological polar surface area (TPSA) is 45.0 Å². The van der Waals surface area contributed by atoms with Crippen LogP contribution in [0.1, 0.15) is 19.3 Å². The van der Waals surface area contributed by atoms with Crippen molar-refractivity contribution >= 4 is 0 Å². The molecule has 0 aliphatic carbocycles. The third-order valence-corrected chi connectivity index (χ3v) is 1.83. The predicted octanol–water partition coefficient (Wildman–Crippen LogP) is 0.669. The fourth-order valence-corrected chi connectivity index (χ4v) is 1.17. The molecule has 3 heteroatoms. The van der Waals surface area contributed by atoms with Gasteiger partial charge in [0.25, 0.3) is 0 Å². The van der Waals surface area contributed by atoms with E-state index in [-0.39, 0.29) is 0 Å². The number of hydrogen-bond donors (Lipinski definition) is 1. The van der Waals surface area contributed by atoms with Crippen molar-refractivity contribution in [2.75, 3.05) is 19.8 Å². The summed E-state index contributed by atoms with van der Waals surface area (Å²) >= 11 is 0. The lowest BCUT2D eigenvalue weighted by atomic mass is 10.2. The average molecular weight is 154 g/mol. The highest BCUT2D eigenvalue weighted by molar-refractivity contribution is 4.73. The van der Waals surface area contributed by atoms with E-state index in [4.69, 9.17) is 10.00 Å². The van der Waals surface area contributed by atoms with E-state index >= 15 is 0 Å². The van der Waals surface area contributed by atoms with Gasteiger partial charge in [-0.05, 0) is 19.4 Å². The van der Waals surface area contributed by atoms with E-state index in [1.807, 2.05) is 0 Å². The van der Waals surface area contributed by atoms with Crippen LogP contribution in [0.15, 0.2) is 0 Å².